The van der Waals surface area contributed by atoms with E-state index in [4.69, 9.17) is 29.9 Å². The van der Waals surface area contributed by atoms with E-state index in [2.05, 4.69) is 4.98 Å². The van der Waals surface area contributed by atoms with Crippen molar-refractivity contribution in [2.45, 2.75) is 54.9 Å². The molecule has 2 unspecified atom stereocenters. The third-order valence-electron chi connectivity index (χ3n) is 6.02. The summed E-state index contributed by atoms with van der Waals surface area (Å²) >= 11 is 7.06. The third-order valence-corrected chi connectivity index (χ3v) is 9.50. The predicted molar refractivity (Wildman–Crippen MR) is 121 cm³/mol. The zero-order valence-corrected chi connectivity index (χ0v) is 20.4. The van der Waals surface area contributed by atoms with E-state index in [1.54, 1.807) is 13.8 Å². The molecule has 2 aromatic rings. The summed E-state index contributed by atoms with van der Waals surface area (Å²) in [6.45, 7) is 3.18. The Morgan fingerprint density at radius 1 is 1.32 bits per heavy atom. The summed E-state index contributed by atoms with van der Waals surface area (Å²) in [4.78, 5) is 25.9. The van der Waals surface area contributed by atoms with Gasteiger partial charge in [0.1, 0.15) is 5.75 Å². The molecule has 3 heterocycles. The van der Waals surface area contributed by atoms with Gasteiger partial charge < -0.3 is 14.4 Å². The second-order valence-electron chi connectivity index (χ2n) is 8.52. The summed E-state index contributed by atoms with van der Waals surface area (Å²) in [7, 11) is -4.44. The van der Waals surface area contributed by atoms with Gasteiger partial charge in [-0.15, -0.1) is 11.8 Å². The average Bonchev–Trinajstić information content (AvgIpc) is 3.03. The lowest BCUT2D eigenvalue weighted by molar-refractivity contribution is -0.140. The molecule has 34 heavy (non-hydrogen) atoms. The fourth-order valence-corrected chi connectivity index (χ4v) is 7.53. The molecule has 2 aliphatic heterocycles. The lowest BCUT2D eigenvalue weighted by Gasteiger charge is -2.46. The number of phosphoric acid groups is 1. The van der Waals surface area contributed by atoms with Crippen LogP contribution in [0.5, 0.6) is 5.75 Å². The van der Waals surface area contributed by atoms with E-state index in [1.807, 2.05) is 0 Å². The number of halogens is 2. The molecule has 1 spiro atoms. The Morgan fingerprint density at radius 2 is 2.00 bits per heavy atom. The fourth-order valence-electron chi connectivity index (χ4n) is 4.41. The van der Waals surface area contributed by atoms with Gasteiger partial charge in [-0.1, -0.05) is 11.6 Å². The molecule has 1 aromatic carbocycles. The van der Waals surface area contributed by atoms with Crippen LogP contribution in [0.4, 0.5) is 4.39 Å². The highest BCUT2D eigenvalue weighted by atomic mass is 35.5. The van der Waals surface area contributed by atoms with Gasteiger partial charge in [0.2, 0.25) is 0 Å². The Labute approximate surface area is 201 Å². The van der Waals surface area contributed by atoms with Crippen LogP contribution in [0.15, 0.2) is 46.1 Å². The van der Waals surface area contributed by atoms with E-state index in [0.717, 1.165) is 10.6 Å². The molecule has 0 bridgehead atoms. The van der Waals surface area contributed by atoms with Crippen molar-refractivity contribution in [2.75, 3.05) is 5.75 Å². The summed E-state index contributed by atoms with van der Waals surface area (Å²) in [5.41, 5.74) is -3.68. The molecule has 1 aliphatic carbocycles. The summed E-state index contributed by atoms with van der Waals surface area (Å²) in [6, 6.07) is 6.98. The lowest BCUT2D eigenvalue weighted by atomic mass is 9.93. The number of nitrogens with zero attached hydrogens (tertiary/aromatic N) is 1. The number of H-pyrrole nitrogens is 1. The predicted octanol–water partition coefficient (Wildman–Crippen LogP) is 3.00. The molecule has 5 rings (SSSR count). The fraction of sp³-hybridized carbons (Fsp3) is 0.500. The van der Waals surface area contributed by atoms with E-state index < -0.39 is 53.7 Å². The molecule has 2 saturated heterocycles. The summed E-state index contributed by atoms with van der Waals surface area (Å²) in [5, 5.41) is 11.9. The molecule has 10 nitrogen and oxygen atoms in total. The van der Waals surface area contributed by atoms with E-state index in [9.17, 15) is 19.3 Å². The van der Waals surface area contributed by atoms with Crippen LogP contribution in [0.25, 0.3) is 0 Å². The summed E-state index contributed by atoms with van der Waals surface area (Å²) in [6.07, 6.45) is -2.10. The van der Waals surface area contributed by atoms with E-state index >= 15 is 4.39 Å². The second-order valence-corrected chi connectivity index (χ2v) is 11.9. The first kappa shape index (κ1) is 24.1. The number of alkyl halides is 1. The minimum absolute atomic E-state index is 0.102. The van der Waals surface area contributed by atoms with E-state index in [1.165, 1.54) is 42.2 Å². The van der Waals surface area contributed by atoms with Crippen molar-refractivity contribution in [2.24, 2.45) is 0 Å². The van der Waals surface area contributed by atoms with E-state index in [0.29, 0.717) is 10.8 Å². The largest absolute Gasteiger partial charge is 0.530 e. The minimum Gasteiger partial charge on any atom is -0.404 e. The van der Waals surface area contributed by atoms with Crippen molar-refractivity contribution in [3.63, 3.8) is 0 Å². The third kappa shape index (κ3) is 3.42. The number of aliphatic hydroxyl groups is 1. The van der Waals surface area contributed by atoms with Crippen molar-refractivity contribution in [1.82, 2.24) is 9.55 Å². The number of nitrogens with one attached hydrogen (secondary N) is 1. The number of benzene rings is 1. The highest BCUT2D eigenvalue weighted by Crippen LogP contribution is 2.78. The maximum Gasteiger partial charge on any atom is 0.530 e. The Bertz CT molecular complexity index is 1280. The first-order valence-corrected chi connectivity index (χ1v) is 13.2. The van der Waals surface area contributed by atoms with Crippen LogP contribution < -0.4 is 15.8 Å². The Balaban J connectivity index is 1.45. The minimum atomic E-state index is -4.44. The first-order valence-electron chi connectivity index (χ1n) is 10.4. The van der Waals surface area contributed by atoms with E-state index in [-0.39, 0.29) is 12.2 Å². The molecule has 2 N–H and O–H groups in total. The van der Waals surface area contributed by atoms with Gasteiger partial charge in [0.05, 0.1) is 10.9 Å². The number of thioether (sulfide) groups is 1. The normalized spacial score (nSPS) is 35.6. The van der Waals surface area contributed by atoms with Crippen molar-refractivity contribution < 1.29 is 32.4 Å². The van der Waals surface area contributed by atoms with Crippen LogP contribution in [0.2, 0.25) is 5.02 Å². The standard InChI is InChI=1S/C20H21ClFN2O8PS/c1-11(2)30-33(28,31-13-5-3-12(21)4-6-13)32-15-19(27)18(8-10-34-18)16(29-20(15,19)22)24-9-7-14(25)23-17(24)26/h3-7,9,11,15-16,27H,8,10H2,1-2H3,(H,23,25,26)/t15?,16-,18+,19+,20-,33?/m1/s1. The number of ether oxygens (including phenoxy) is 1. The van der Waals surface area contributed by atoms with Crippen molar-refractivity contribution in [3.05, 3.63) is 62.4 Å². The summed E-state index contributed by atoms with van der Waals surface area (Å²) in [5.74, 6) is -2.13. The molecule has 3 fully saturated rings. The molecule has 3 aliphatic rings. The molecule has 0 amide bonds. The van der Waals surface area contributed by atoms with Gasteiger partial charge in [-0.2, -0.15) is 0 Å². The molecule has 6 atom stereocenters. The number of phosphoric ester groups is 1. The maximum absolute atomic E-state index is 16.0. The van der Waals surface area contributed by atoms with Gasteiger partial charge in [-0.3, -0.25) is 23.4 Å². The van der Waals surface area contributed by atoms with Crippen LogP contribution >= 0.6 is 31.2 Å². The molecule has 14 heteroatoms. The van der Waals surface area contributed by atoms with Gasteiger partial charge in [-0.05, 0) is 50.3 Å². The van der Waals surface area contributed by atoms with Crippen LogP contribution in [-0.4, -0.2) is 48.8 Å². The smallest absolute Gasteiger partial charge is 0.404 e. The molecular formula is C20H21ClFN2O8PS. The number of aromatic nitrogens is 2. The van der Waals surface area contributed by atoms with Gasteiger partial charge in [0, 0.05) is 17.3 Å². The SMILES string of the molecule is CC(C)OP(=O)(Oc1ccc(Cl)cc1)OC1[C@]2(O)[C@]3(CCS3)[C@H](n3ccc(=O)[nH]c3=O)O[C@]12F. The Morgan fingerprint density at radius 3 is 2.56 bits per heavy atom. The lowest BCUT2D eigenvalue weighted by Crippen LogP contribution is -2.55. The van der Waals surface area contributed by atoms with Gasteiger partial charge in [0.15, 0.2) is 17.9 Å². The van der Waals surface area contributed by atoms with Gasteiger partial charge >= 0.3 is 13.5 Å². The molecule has 0 radical (unpaired) electrons. The zero-order chi connectivity index (χ0) is 24.5. The number of hydrogen-bond acceptors (Lipinski definition) is 9. The Hall–Kier alpha value is -1.66. The zero-order valence-electron chi connectivity index (χ0n) is 18.0. The Kier molecular flexibility index (Phi) is 5.61. The molecule has 1 saturated carbocycles. The van der Waals surface area contributed by atoms with Crippen molar-refractivity contribution in [3.8, 4) is 5.75 Å². The topological polar surface area (TPSA) is 129 Å². The van der Waals surface area contributed by atoms with Gasteiger partial charge in [0.25, 0.3) is 11.4 Å². The molecular weight excluding hydrogens is 514 g/mol. The number of hydrogen-bond donors (Lipinski definition) is 2. The highest BCUT2D eigenvalue weighted by Gasteiger charge is 2.97. The van der Waals surface area contributed by atoms with Crippen LogP contribution in [0.3, 0.4) is 0 Å². The number of aromatic amines is 1. The summed E-state index contributed by atoms with van der Waals surface area (Å²) < 4.78 is 51.1. The quantitative estimate of drug-likeness (QED) is 0.515. The van der Waals surface area contributed by atoms with Crippen molar-refractivity contribution in [1.29, 1.82) is 0 Å². The van der Waals surface area contributed by atoms with Crippen molar-refractivity contribution >= 4 is 31.2 Å². The number of rotatable bonds is 7. The number of fused-ring (bicyclic) bond motifs is 2. The van der Waals surface area contributed by atoms with Crippen LogP contribution in [0.1, 0.15) is 26.5 Å². The first-order chi connectivity index (χ1) is 15.9. The van der Waals surface area contributed by atoms with Gasteiger partial charge in [-0.25, -0.2) is 13.8 Å². The highest BCUT2D eigenvalue weighted by molar-refractivity contribution is 8.02. The molecule has 184 valence electrons. The van der Waals surface area contributed by atoms with Crippen LogP contribution in [-0.2, 0) is 18.3 Å². The average molecular weight is 535 g/mol. The molecule has 1 aromatic heterocycles. The maximum atomic E-state index is 16.0. The van der Waals surface area contributed by atoms with Crippen LogP contribution in [0, 0.1) is 0 Å². The monoisotopic (exact) mass is 534 g/mol. The second kappa shape index (κ2) is 7.92.